The average molecular weight is 276 g/mol. The summed E-state index contributed by atoms with van der Waals surface area (Å²) >= 11 is 0. The molecule has 4 nitrogen and oxygen atoms in total. The quantitative estimate of drug-likeness (QED) is 0.806. The third kappa shape index (κ3) is 6.16. The Bertz CT molecular complexity index is 374. The van der Waals surface area contributed by atoms with Gasteiger partial charge >= 0.3 is 0 Å². The van der Waals surface area contributed by atoms with Gasteiger partial charge in [-0.3, -0.25) is 0 Å². The molecule has 0 aliphatic heterocycles. The Labute approximate surface area is 112 Å². The van der Waals surface area contributed by atoms with Gasteiger partial charge < -0.3 is 5.32 Å². The molecule has 1 rings (SSSR count). The minimum absolute atomic E-state index is 0.407. The van der Waals surface area contributed by atoms with E-state index < -0.39 is 15.6 Å². The molecule has 18 heavy (non-hydrogen) atoms. The van der Waals surface area contributed by atoms with Crippen LogP contribution in [0.2, 0.25) is 0 Å². The minimum Gasteiger partial charge on any atom is -0.312 e. The van der Waals surface area contributed by atoms with Gasteiger partial charge in [0.05, 0.1) is 6.26 Å². The van der Waals surface area contributed by atoms with Crippen LogP contribution < -0.4 is 10.0 Å². The van der Waals surface area contributed by atoms with Gasteiger partial charge in [0.15, 0.2) is 0 Å². The first-order valence-corrected chi connectivity index (χ1v) is 8.61. The minimum atomic E-state index is -3.15. The van der Waals surface area contributed by atoms with Crippen molar-refractivity contribution in [2.75, 3.05) is 12.8 Å². The molecule has 0 amide bonds. The molecule has 0 aromatic rings. The number of rotatable bonds is 5. The van der Waals surface area contributed by atoms with Crippen LogP contribution in [0.5, 0.6) is 0 Å². The Morgan fingerprint density at radius 3 is 2.44 bits per heavy atom. The summed E-state index contributed by atoms with van der Waals surface area (Å²) in [6, 6.07) is 0.509. The Kier molecular flexibility index (Phi) is 4.84. The number of hydrogen-bond donors (Lipinski definition) is 2. The predicted molar refractivity (Wildman–Crippen MR) is 76.1 cm³/mol. The number of nitrogens with one attached hydrogen (secondary N) is 2. The van der Waals surface area contributed by atoms with Crippen LogP contribution in [0.15, 0.2) is 0 Å². The highest BCUT2D eigenvalue weighted by atomic mass is 32.2. The molecule has 0 saturated heterocycles. The molecule has 5 heteroatoms. The van der Waals surface area contributed by atoms with Gasteiger partial charge in [-0.1, -0.05) is 20.3 Å². The van der Waals surface area contributed by atoms with Crippen LogP contribution in [0.4, 0.5) is 0 Å². The van der Waals surface area contributed by atoms with Gasteiger partial charge in [-0.15, -0.1) is 0 Å². The van der Waals surface area contributed by atoms with E-state index in [2.05, 4.69) is 23.9 Å². The largest absolute Gasteiger partial charge is 0.312 e. The van der Waals surface area contributed by atoms with Crippen molar-refractivity contribution in [2.24, 2.45) is 5.41 Å². The molecule has 108 valence electrons. The third-order valence-electron chi connectivity index (χ3n) is 3.50. The van der Waals surface area contributed by atoms with Crippen molar-refractivity contribution in [3.8, 4) is 0 Å². The van der Waals surface area contributed by atoms with Crippen LogP contribution in [-0.4, -0.2) is 32.8 Å². The lowest BCUT2D eigenvalue weighted by Crippen LogP contribution is -2.52. The van der Waals surface area contributed by atoms with Crippen LogP contribution in [0, 0.1) is 5.41 Å². The third-order valence-corrected chi connectivity index (χ3v) is 4.42. The van der Waals surface area contributed by atoms with Gasteiger partial charge in [0, 0.05) is 18.1 Å². The van der Waals surface area contributed by atoms with Crippen LogP contribution in [0.3, 0.4) is 0 Å². The monoisotopic (exact) mass is 276 g/mol. The number of sulfonamides is 1. The maximum absolute atomic E-state index is 11.3. The maximum Gasteiger partial charge on any atom is 0.209 e. The van der Waals surface area contributed by atoms with E-state index in [4.69, 9.17) is 0 Å². The Morgan fingerprint density at radius 2 is 1.94 bits per heavy atom. The van der Waals surface area contributed by atoms with Gasteiger partial charge in [0.1, 0.15) is 0 Å². The van der Waals surface area contributed by atoms with Crippen LogP contribution in [0.25, 0.3) is 0 Å². The lowest BCUT2D eigenvalue weighted by molar-refractivity contribution is 0.192. The summed E-state index contributed by atoms with van der Waals surface area (Å²) in [4.78, 5) is 0. The molecule has 0 aromatic heterocycles. The van der Waals surface area contributed by atoms with Crippen molar-refractivity contribution in [1.82, 2.24) is 10.0 Å². The summed E-state index contributed by atoms with van der Waals surface area (Å²) in [6.45, 7) is 9.10. The van der Waals surface area contributed by atoms with Crippen LogP contribution >= 0.6 is 0 Å². The van der Waals surface area contributed by atoms with E-state index in [0.29, 0.717) is 18.0 Å². The van der Waals surface area contributed by atoms with Gasteiger partial charge in [0.25, 0.3) is 0 Å². The van der Waals surface area contributed by atoms with Crippen LogP contribution in [0.1, 0.15) is 53.4 Å². The molecular weight excluding hydrogens is 248 g/mol. The van der Waals surface area contributed by atoms with Gasteiger partial charge in [-0.25, -0.2) is 13.1 Å². The lowest BCUT2D eigenvalue weighted by Gasteiger charge is -2.37. The molecule has 1 atom stereocenters. The second-order valence-corrected chi connectivity index (χ2v) is 8.84. The zero-order valence-corrected chi connectivity index (χ0v) is 13.2. The standard InChI is InChI=1S/C13H28N2O2S/c1-12(2)8-6-7-11(9-12)14-10-13(3,4)15-18(5,16)17/h11,14-15H,6-10H2,1-5H3. The van der Waals surface area contributed by atoms with Crippen molar-refractivity contribution in [1.29, 1.82) is 0 Å². The molecule has 1 aliphatic rings. The molecule has 0 bridgehead atoms. The Morgan fingerprint density at radius 1 is 1.33 bits per heavy atom. The molecule has 0 heterocycles. The van der Waals surface area contributed by atoms with Crippen molar-refractivity contribution < 1.29 is 8.42 Å². The summed E-state index contributed by atoms with van der Waals surface area (Å²) < 4.78 is 25.2. The van der Waals surface area contributed by atoms with Crippen molar-refractivity contribution in [3.05, 3.63) is 0 Å². The highest BCUT2D eigenvalue weighted by Gasteiger charge is 2.29. The van der Waals surface area contributed by atoms with Crippen molar-refractivity contribution in [3.63, 3.8) is 0 Å². The summed E-state index contributed by atoms with van der Waals surface area (Å²) in [5.41, 5.74) is -0.0283. The van der Waals surface area contributed by atoms with Gasteiger partial charge in [-0.05, 0) is 38.5 Å². The fraction of sp³-hybridized carbons (Fsp3) is 1.00. The first-order valence-electron chi connectivity index (χ1n) is 6.72. The summed E-state index contributed by atoms with van der Waals surface area (Å²) in [5, 5.41) is 3.51. The zero-order chi connectivity index (χ0) is 14.0. The molecular formula is C13H28N2O2S. The SMILES string of the molecule is CC1(C)CCCC(NCC(C)(C)NS(C)(=O)=O)C1. The summed E-state index contributed by atoms with van der Waals surface area (Å²) in [7, 11) is -3.15. The second kappa shape index (κ2) is 5.47. The molecule has 1 aliphatic carbocycles. The van der Waals surface area contributed by atoms with Gasteiger partial charge in [0.2, 0.25) is 10.0 Å². The fourth-order valence-corrected chi connectivity index (χ4v) is 3.89. The Balaban J connectivity index is 2.45. The molecule has 0 spiro atoms. The van der Waals surface area contributed by atoms with E-state index in [-0.39, 0.29) is 0 Å². The zero-order valence-electron chi connectivity index (χ0n) is 12.3. The average Bonchev–Trinajstić information content (AvgIpc) is 2.09. The van der Waals surface area contributed by atoms with E-state index in [0.717, 1.165) is 0 Å². The fourth-order valence-electron chi connectivity index (χ4n) is 2.81. The first-order chi connectivity index (χ1) is 7.99. The van der Waals surface area contributed by atoms with Crippen molar-refractivity contribution >= 4 is 10.0 Å². The molecule has 0 aromatic carbocycles. The lowest BCUT2D eigenvalue weighted by atomic mass is 9.75. The van der Waals surface area contributed by atoms with Crippen molar-refractivity contribution in [2.45, 2.75) is 65.0 Å². The molecule has 0 radical (unpaired) electrons. The highest BCUT2D eigenvalue weighted by molar-refractivity contribution is 7.88. The van der Waals surface area contributed by atoms with E-state index in [1.807, 2.05) is 13.8 Å². The molecule has 1 unspecified atom stereocenters. The van der Waals surface area contributed by atoms with E-state index in [1.165, 1.54) is 31.9 Å². The van der Waals surface area contributed by atoms with E-state index in [9.17, 15) is 8.42 Å². The van der Waals surface area contributed by atoms with Crippen LogP contribution in [-0.2, 0) is 10.0 Å². The Hall–Kier alpha value is -0.130. The summed E-state index contributed by atoms with van der Waals surface area (Å²) in [6.07, 6.45) is 6.11. The predicted octanol–water partition coefficient (Wildman–Crippen LogP) is 1.87. The topological polar surface area (TPSA) is 58.2 Å². The summed E-state index contributed by atoms with van der Waals surface area (Å²) in [5.74, 6) is 0. The molecule has 1 saturated carbocycles. The first kappa shape index (κ1) is 15.9. The normalized spacial score (nSPS) is 25.1. The number of hydrogen-bond acceptors (Lipinski definition) is 3. The second-order valence-electron chi connectivity index (χ2n) is 7.10. The smallest absolute Gasteiger partial charge is 0.209 e. The van der Waals surface area contributed by atoms with Gasteiger partial charge in [-0.2, -0.15) is 0 Å². The van der Waals surface area contributed by atoms with E-state index in [1.54, 1.807) is 0 Å². The maximum atomic E-state index is 11.3. The molecule has 2 N–H and O–H groups in total. The molecule has 1 fully saturated rings. The van der Waals surface area contributed by atoms with E-state index >= 15 is 0 Å². The highest BCUT2D eigenvalue weighted by Crippen LogP contribution is 2.35.